The summed E-state index contributed by atoms with van der Waals surface area (Å²) in [5, 5.41) is 9.18. The molecule has 0 atom stereocenters. The number of hydrogen-bond donors (Lipinski definition) is 1. The molecule has 0 saturated carbocycles. The molecule has 0 spiro atoms. The van der Waals surface area contributed by atoms with Crippen molar-refractivity contribution in [3.63, 3.8) is 0 Å². The lowest BCUT2D eigenvalue weighted by Crippen LogP contribution is -2.00. The van der Waals surface area contributed by atoms with Gasteiger partial charge in [0.2, 0.25) is 0 Å². The van der Waals surface area contributed by atoms with Crippen molar-refractivity contribution in [1.29, 1.82) is 0 Å². The van der Waals surface area contributed by atoms with Crippen molar-refractivity contribution in [2.45, 2.75) is 39.5 Å². The third-order valence-corrected chi connectivity index (χ3v) is 1.95. The number of aliphatic hydroxyl groups is 1. The summed E-state index contributed by atoms with van der Waals surface area (Å²) in [7, 11) is 0. The van der Waals surface area contributed by atoms with E-state index in [4.69, 9.17) is 0 Å². The van der Waals surface area contributed by atoms with E-state index in [9.17, 15) is 9.90 Å². The number of allylic oxidation sites excluding steroid dienone is 3. The molecule has 0 bridgehead atoms. The Morgan fingerprint density at radius 1 is 1.38 bits per heavy atom. The zero-order valence-electron chi connectivity index (χ0n) is 8.47. The monoisotopic (exact) mass is 182 g/mol. The number of unbranched alkanes of at least 4 members (excludes halogenated alkanes) is 2. The van der Waals surface area contributed by atoms with Crippen LogP contribution >= 0.6 is 0 Å². The molecule has 0 aromatic carbocycles. The number of ketones is 1. The highest BCUT2D eigenvalue weighted by molar-refractivity contribution is 5.93. The van der Waals surface area contributed by atoms with E-state index >= 15 is 0 Å². The van der Waals surface area contributed by atoms with Crippen LogP contribution in [0, 0.1) is 0 Å². The van der Waals surface area contributed by atoms with E-state index in [1.54, 1.807) is 6.92 Å². The van der Waals surface area contributed by atoms with Gasteiger partial charge < -0.3 is 5.11 Å². The maximum atomic E-state index is 11.0. The van der Waals surface area contributed by atoms with Crippen LogP contribution in [-0.4, -0.2) is 10.9 Å². The van der Waals surface area contributed by atoms with E-state index in [0.717, 1.165) is 19.3 Å². The molecule has 0 fully saturated rings. The van der Waals surface area contributed by atoms with E-state index in [1.165, 1.54) is 6.92 Å². The van der Waals surface area contributed by atoms with Crippen molar-refractivity contribution >= 4 is 5.78 Å². The first-order valence-corrected chi connectivity index (χ1v) is 4.60. The van der Waals surface area contributed by atoms with Gasteiger partial charge in [-0.25, -0.2) is 0 Å². The van der Waals surface area contributed by atoms with Gasteiger partial charge in [0, 0.05) is 5.57 Å². The summed E-state index contributed by atoms with van der Waals surface area (Å²) in [5.41, 5.74) is 0.559. The maximum absolute atomic E-state index is 11.0. The summed E-state index contributed by atoms with van der Waals surface area (Å²) in [6, 6.07) is 0. The third-order valence-electron chi connectivity index (χ3n) is 1.95. The Hall–Kier alpha value is -1.05. The molecule has 0 unspecified atom stereocenters. The van der Waals surface area contributed by atoms with E-state index in [-0.39, 0.29) is 11.5 Å². The smallest absolute Gasteiger partial charge is 0.159 e. The molecule has 13 heavy (non-hydrogen) atoms. The van der Waals surface area contributed by atoms with Gasteiger partial charge >= 0.3 is 0 Å². The number of aliphatic hydroxyl groups excluding tert-OH is 1. The van der Waals surface area contributed by atoms with E-state index in [1.807, 2.05) is 6.08 Å². The summed E-state index contributed by atoms with van der Waals surface area (Å²) in [4.78, 5) is 11.0. The first-order valence-electron chi connectivity index (χ1n) is 4.60. The standard InChI is InChI=1S/C11H18O2/c1-4-5-6-7-8-11(9(2)12)10(3)13/h4,12H,1,5-8H2,2-3H3/b11-9-. The van der Waals surface area contributed by atoms with Crippen LogP contribution in [0.3, 0.4) is 0 Å². The number of Topliss-reactive ketones (excluding diaryl/α,β-unsaturated/α-hetero) is 1. The summed E-state index contributed by atoms with van der Waals surface area (Å²) >= 11 is 0. The lowest BCUT2D eigenvalue weighted by Gasteiger charge is -2.03. The van der Waals surface area contributed by atoms with Gasteiger partial charge in [0.25, 0.3) is 0 Å². The molecule has 2 nitrogen and oxygen atoms in total. The van der Waals surface area contributed by atoms with Crippen molar-refractivity contribution < 1.29 is 9.90 Å². The van der Waals surface area contributed by atoms with Crippen LogP contribution in [0.15, 0.2) is 24.0 Å². The number of rotatable bonds is 6. The number of carbonyl (C=O) groups excluding carboxylic acids is 1. The Balaban J connectivity index is 3.93. The Morgan fingerprint density at radius 3 is 2.38 bits per heavy atom. The predicted octanol–water partition coefficient (Wildman–Crippen LogP) is 3.15. The fourth-order valence-electron chi connectivity index (χ4n) is 1.20. The van der Waals surface area contributed by atoms with Crippen molar-refractivity contribution in [3.05, 3.63) is 24.0 Å². The van der Waals surface area contributed by atoms with E-state index in [0.29, 0.717) is 12.0 Å². The molecule has 0 aromatic heterocycles. The van der Waals surface area contributed by atoms with Crippen LogP contribution < -0.4 is 0 Å². The van der Waals surface area contributed by atoms with Gasteiger partial charge in [0.1, 0.15) is 0 Å². The van der Waals surface area contributed by atoms with Crippen molar-refractivity contribution in [2.75, 3.05) is 0 Å². The molecule has 74 valence electrons. The second kappa shape index (κ2) is 6.46. The minimum absolute atomic E-state index is 0.0291. The average molecular weight is 182 g/mol. The van der Waals surface area contributed by atoms with Crippen molar-refractivity contribution in [3.8, 4) is 0 Å². The van der Waals surface area contributed by atoms with Crippen LogP contribution in [0.1, 0.15) is 39.5 Å². The summed E-state index contributed by atoms with van der Waals surface area (Å²) in [5.74, 6) is 0.129. The molecule has 0 radical (unpaired) electrons. The lowest BCUT2D eigenvalue weighted by atomic mass is 10.0. The summed E-state index contributed by atoms with van der Waals surface area (Å²) in [6.45, 7) is 6.67. The molecule has 0 heterocycles. The Morgan fingerprint density at radius 2 is 2.00 bits per heavy atom. The highest BCUT2D eigenvalue weighted by Crippen LogP contribution is 2.13. The van der Waals surface area contributed by atoms with Crippen molar-refractivity contribution in [2.24, 2.45) is 0 Å². The first kappa shape index (κ1) is 11.9. The number of hydrogen-bond acceptors (Lipinski definition) is 2. The maximum Gasteiger partial charge on any atom is 0.159 e. The zero-order chi connectivity index (χ0) is 10.3. The van der Waals surface area contributed by atoms with Crippen LogP contribution in [0.25, 0.3) is 0 Å². The van der Waals surface area contributed by atoms with Crippen LogP contribution in [-0.2, 0) is 4.79 Å². The van der Waals surface area contributed by atoms with Gasteiger partial charge in [0.05, 0.1) is 5.76 Å². The number of carbonyl (C=O) groups is 1. The molecule has 0 aliphatic carbocycles. The van der Waals surface area contributed by atoms with Crippen LogP contribution in [0.4, 0.5) is 0 Å². The highest BCUT2D eigenvalue weighted by atomic mass is 16.3. The molecule has 0 aliphatic rings. The lowest BCUT2D eigenvalue weighted by molar-refractivity contribution is -0.113. The SMILES string of the molecule is C=CCCCC/C(C(C)=O)=C(\C)O. The molecule has 0 saturated heterocycles. The van der Waals surface area contributed by atoms with E-state index < -0.39 is 0 Å². The Kier molecular flexibility index (Phi) is 5.94. The molecule has 0 amide bonds. The molecule has 0 rings (SSSR count). The normalized spacial score (nSPS) is 12.2. The van der Waals surface area contributed by atoms with Gasteiger partial charge in [0.15, 0.2) is 5.78 Å². The largest absolute Gasteiger partial charge is 0.512 e. The average Bonchev–Trinajstić information content (AvgIpc) is 2.02. The summed E-state index contributed by atoms with van der Waals surface area (Å²) < 4.78 is 0. The van der Waals surface area contributed by atoms with Gasteiger partial charge in [-0.1, -0.05) is 6.08 Å². The van der Waals surface area contributed by atoms with Crippen molar-refractivity contribution in [1.82, 2.24) is 0 Å². The highest BCUT2D eigenvalue weighted by Gasteiger charge is 2.06. The molecular weight excluding hydrogens is 164 g/mol. The van der Waals surface area contributed by atoms with E-state index in [2.05, 4.69) is 6.58 Å². The molecule has 0 aromatic rings. The fraction of sp³-hybridized carbons (Fsp3) is 0.545. The predicted molar refractivity (Wildman–Crippen MR) is 54.7 cm³/mol. The quantitative estimate of drug-likeness (QED) is 0.296. The van der Waals surface area contributed by atoms with Gasteiger partial charge in [-0.15, -0.1) is 6.58 Å². The molecule has 0 aliphatic heterocycles. The van der Waals surface area contributed by atoms with Gasteiger partial charge in [-0.05, 0) is 39.5 Å². The topological polar surface area (TPSA) is 37.3 Å². The molecule has 2 heteroatoms. The van der Waals surface area contributed by atoms with Gasteiger partial charge in [-0.2, -0.15) is 0 Å². The summed E-state index contributed by atoms with van der Waals surface area (Å²) in [6.07, 6.45) is 5.45. The molecular formula is C11H18O2. The Bertz CT molecular complexity index is 210. The Labute approximate surface area is 80.0 Å². The minimum atomic E-state index is -0.0291. The zero-order valence-corrected chi connectivity index (χ0v) is 8.47. The second-order valence-corrected chi connectivity index (χ2v) is 3.15. The van der Waals surface area contributed by atoms with Crippen LogP contribution in [0.2, 0.25) is 0 Å². The second-order valence-electron chi connectivity index (χ2n) is 3.15. The minimum Gasteiger partial charge on any atom is -0.512 e. The third kappa shape index (κ3) is 5.23. The molecule has 1 N–H and O–H groups in total. The first-order chi connectivity index (χ1) is 6.09. The fourth-order valence-corrected chi connectivity index (χ4v) is 1.20. The van der Waals surface area contributed by atoms with Gasteiger partial charge in [-0.3, -0.25) is 4.79 Å². The van der Waals surface area contributed by atoms with Crippen LogP contribution in [0.5, 0.6) is 0 Å².